The van der Waals surface area contributed by atoms with Gasteiger partial charge in [-0.3, -0.25) is 4.79 Å². The molecule has 1 aromatic rings. The Labute approximate surface area is 109 Å². The third-order valence-electron chi connectivity index (χ3n) is 3.87. The Kier molecular flexibility index (Phi) is 4.76. The van der Waals surface area contributed by atoms with Gasteiger partial charge in [-0.2, -0.15) is 0 Å². The summed E-state index contributed by atoms with van der Waals surface area (Å²) in [7, 11) is 2.20. The van der Waals surface area contributed by atoms with Crippen molar-refractivity contribution in [2.75, 3.05) is 26.7 Å². The molecular weight excluding hydrogens is 224 g/mol. The van der Waals surface area contributed by atoms with Gasteiger partial charge in [0.05, 0.1) is 0 Å². The van der Waals surface area contributed by atoms with E-state index in [4.69, 9.17) is 0 Å². The highest BCUT2D eigenvalue weighted by atomic mass is 16.1. The maximum Gasteiger partial charge on any atom is 0.209 e. The molecule has 0 N–H and O–H groups in total. The highest BCUT2D eigenvalue weighted by molar-refractivity contribution is 5.47. The monoisotopic (exact) mass is 246 g/mol. The molecule has 0 radical (unpaired) electrons. The zero-order valence-corrected chi connectivity index (χ0v) is 11.1. The number of nitrogens with zero attached hydrogens (tertiary/aromatic N) is 2. The number of carbonyl (C=O) groups excluding carboxylic acids is 1. The Balaban J connectivity index is 1.75. The van der Waals surface area contributed by atoms with Crippen LogP contribution < -0.4 is 0 Å². The normalized spacial score (nSPS) is 17.1. The third kappa shape index (κ3) is 3.57. The number of carbonyl (C=O) groups is 1. The zero-order valence-electron chi connectivity index (χ0n) is 11.1. The fraction of sp³-hybridized carbons (Fsp3) is 0.533. The molecule has 98 valence electrons. The molecule has 1 aliphatic heterocycles. The molecule has 2 rings (SSSR count). The van der Waals surface area contributed by atoms with E-state index >= 15 is 0 Å². The van der Waals surface area contributed by atoms with Crippen LogP contribution in [-0.2, 0) is 11.2 Å². The zero-order chi connectivity index (χ0) is 12.8. The second kappa shape index (κ2) is 6.55. The number of hydrogen-bond acceptors (Lipinski definition) is 2. The first kappa shape index (κ1) is 13.1. The summed E-state index contributed by atoms with van der Waals surface area (Å²) in [5.74, 6) is 0. The van der Waals surface area contributed by atoms with Gasteiger partial charge >= 0.3 is 0 Å². The first-order valence-electron chi connectivity index (χ1n) is 6.73. The Morgan fingerprint density at radius 2 is 1.94 bits per heavy atom. The lowest BCUT2D eigenvalue weighted by atomic mass is 10.0. The maximum absolute atomic E-state index is 10.7. The largest absolute Gasteiger partial charge is 0.345 e. The summed E-state index contributed by atoms with van der Waals surface area (Å²) < 4.78 is 0. The van der Waals surface area contributed by atoms with Crippen molar-refractivity contribution in [2.45, 2.75) is 25.3 Å². The second-order valence-electron chi connectivity index (χ2n) is 5.09. The summed E-state index contributed by atoms with van der Waals surface area (Å²) in [5, 5.41) is 0. The van der Waals surface area contributed by atoms with Gasteiger partial charge in [0.15, 0.2) is 0 Å². The first-order valence-corrected chi connectivity index (χ1v) is 6.73. The number of likely N-dealkylation sites (tertiary alicyclic amines) is 1. The van der Waals surface area contributed by atoms with Gasteiger partial charge in [0.1, 0.15) is 0 Å². The molecule has 0 atom stereocenters. The summed E-state index contributed by atoms with van der Waals surface area (Å²) in [5.41, 5.74) is 1.40. The van der Waals surface area contributed by atoms with Crippen LogP contribution in [0.2, 0.25) is 0 Å². The Bertz CT molecular complexity index is 358. The van der Waals surface area contributed by atoms with Crippen LogP contribution >= 0.6 is 0 Å². The molecule has 18 heavy (non-hydrogen) atoms. The van der Waals surface area contributed by atoms with E-state index in [0.29, 0.717) is 6.04 Å². The average molecular weight is 246 g/mol. The maximum atomic E-state index is 10.7. The Morgan fingerprint density at radius 3 is 2.56 bits per heavy atom. The lowest BCUT2D eigenvalue weighted by Gasteiger charge is -2.35. The van der Waals surface area contributed by atoms with Crippen molar-refractivity contribution in [3.63, 3.8) is 0 Å². The number of benzene rings is 1. The van der Waals surface area contributed by atoms with Gasteiger partial charge in [-0.05, 0) is 31.9 Å². The molecule has 1 heterocycles. The van der Waals surface area contributed by atoms with E-state index in [9.17, 15) is 4.79 Å². The molecule has 0 spiro atoms. The molecule has 1 saturated heterocycles. The van der Waals surface area contributed by atoms with Crippen LogP contribution in [-0.4, -0.2) is 48.9 Å². The summed E-state index contributed by atoms with van der Waals surface area (Å²) in [6, 6.07) is 11.2. The van der Waals surface area contributed by atoms with Gasteiger partial charge in [0.2, 0.25) is 6.41 Å². The van der Waals surface area contributed by atoms with E-state index in [1.165, 1.54) is 5.56 Å². The molecule has 0 bridgehead atoms. The Hall–Kier alpha value is -1.35. The van der Waals surface area contributed by atoms with Crippen molar-refractivity contribution in [3.05, 3.63) is 35.9 Å². The van der Waals surface area contributed by atoms with Crippen LogP contribution in [0.25, 0.3) is 0 Å². The van der Waals surface area contributed by atoms with Gasteiger partial charge in [-0.25, -0.2) is 0 Å². The van der Waals surface area contributed by atoms with Crippen LogP contribution in [0, 0.1) is 0 Å². The first-order chi connectivity index (χ1) is 8.79. The van der Waals surface area contributed by atoms with Crippen molar-refractivity contribution in [2.24, 2.45) is 0 Å². The van der Waals surface area contributed by atoms with Crippen LogP contribution in [0.15, 0.2) is 30.3 Å². The number of rotatable bonds is 5. The van der Waals surface area contributed by atoms with Crippen molar-refractivity contribution in [1.82, 2.24) is 9.80 Å². The van der Waals surface area contributed by atoms with Crippen LogP contribution in [0.5, 0.6) is 0 Å². The van der Waals surface area contributed by atoms with Gasteiger partial charge in [0, 0.05) is 25.7 Å². The molecular formula is C15H22N2O. The summed E-state index contributed by atoms with van der Waals surface area (Å²) >= 11 is 0. The number of piperidine rings is 1. The average Bonchev–Trinajstić information content (AvgIpc) is 2.46. The molecule has 1 aromatic carbocycles. The Morgan fingerprint density at radius 1 is 1.28 bits per heavy atom. The van der Waals surface area contributed by atoms with Crippen molar-refractivity contribution in [1.29, 1.82) is 0 Å². The van der Waals surface area contributed by atoms with Gasteiger partial charge < -0.3 is 9.80 Å². The molecule has 1 fully saturated rings. The predicted molar refractivity (Wildman–Crippen MR) is 73.4 cm³/mol. The standard InChI is InChI=1S/C15H22N2O/c1-16(10-7-14-5-3-2-4-6-14)15-8-11-17(13-18)12-9-15/h2-6,13,15H,7-12H2,1H3. The SMILES string of the molecule is CN(CCc1ccccc1)C1CCN(C=O)CC1. The molecule has 0 saturated carbocycles. The number of likely N-dealkylation sites (N-methyl/N-ethyl adjacent to an activating group) is 1. The lowest BCUT2D eigenvalue weighted by molar-refractivity contribution is -0.119. The van der Waals surface area contributed by atoms with Crippen LogP contribution in [0.3, 0.4) is 0 Å². The fourth-order valence-corrected chi connectivity index (χ4v) is 2.56. The van der Waals surface area contributed by atoms with Crippen LogP contribution in [0.1, 0.15) is 18.4 Å². The van der Waals surface area contributed by atoms with Crippen molar-refractivity contribution < 1.29 is 4.79 Å². The molecule has 0 aliphatic carbocycles. The molecule has 0 unspecified atom stereocenters. The topological polar surface area (TPSA) is 23.6 Å². The number of amides is 1. The van der Waals surface area contributed by atoms with E-state index in [2.05, 4.69) is 42.3 Å². The van der Waals surface area contributed by atoms with E-state index < -0.39 is 0 Å². The molecule has 1 amide bonds. The fourth-order valence-electron chi connectivity index (χ4n) is 2.56. The van der Waals surface area contributed by atoms with E-state index in [1.54, 1.807) is 0 Å². The smallest absolute Gasteiger partial charge is 0.209 e. The summed E-state index contributed by atoms with van der Waals surface area (Å²) in [4.78, 5) is 15.0. The van der Waals surface area contributed by atoms with Gasteiger partial charge in [-0.15, -0.1) is 0 Å². The minimum absolute atomic E-state index is 0.630. The predicted octanol–water partition coefficient (Wildman–Crippen LogP) is 1.78. The second-order valence-corrected chi connectivity index (χ2v) is 5.09. The highest BCUT2D eigenvalue weighted by Crippen LogP contribution is 2.14. The molecule has 1 aliphatic rings. The van der Waals surface area contributed by atoms with E-state index in [0.717, 1.165) is 45.3 Å². The van der Waals surface area contributed by atoms with Crippen LogP contribution in [0.4, 0.5) is 0 Å². The van der Waals surface area contributed by atoms with E-state index in [1.807, 2.05) is 4.90 Å². The van der Waals surface area contributed by atoms with Crippen molar-refractivity contribution in [3.8, 4) is 0 Å². The lowest BCUT2D eigenvalue weighted by Crippen LogP contribution is -2.43. The van der Waals surface area contributed by atoms with E-state index in [-0.39, 0.29) is 0 Å². The summed E-state index contributed by atoms with van der Waals surface area (Å²) in [6.07, 6.45) is 4.28. The molecule has 3 nitrogen and oxygen atoms in total. The summed E-state index contributed by atoms with van der Waals surface area (Å²) in [6.45, 7) is 2.91. The van der Waals surface area contributed by atoms with Crippen molar-refractivity contribution >= 4 is 6.41 Å². The number of hydrogen-bond donors (Lipinski definition) is 0. The third-order valence-corrected chi connectivity index (χ3v) is 3.87. The van der Waals surface area contributed by atoms with Gasteiger partial charge in [-0.1, -0.05) is 30.3 Å². The van der Waals surface area contributed by atoms with Gasteiger partial charge in [0.25, 0.3) is 0 Å². The quantitative estimate of drug-likeness (QED) is 0.739. The molecule has 3 heteroatoms. The minimum Gasteiger partial charge on any atom is -0.345 e. The minimum atomic E-state index is 0.630. The molecule has 0 aromatic heterocycles. The highest BCUT2D eigenvalue weighted by Gasteiger charge is 2.21.